The molecule has 0 aliphatic carbocycles. The predicted octanol–water partition coefficient (Wildman–Crippen LogP) is 2.79. The average Bonchev–Trinajstić information content (AvgIpc) is 2.65. The highest BCUT2D eigenvalue weighted by atomic mass is 35.5. The van der Waals surface area contributed by atoms with E-state index in [1.54, 1.807) is 6.20 Å². The summed E-state index contributed by atoms with van der Waals surface area (Å²) in [6, 6.07) is 0. The fourth-order valence-electron chi connectivity index (χ4n) is 1.74. The molecule has 0 saturated carbocycles. The van der Waals surface area contributed by atoms with Crippen molar-refractivity contribution in [1.82, 2.24) is 9.78 Å². The molecule has 1 aromatic rings. The quantitative estimate of drug-likeness (QED) is 0.275. The molecule has 0 bridgehead atoms. The molecule has 0 aliphatic rings. The maximum atomic E-state index is 8.68. The monoisotopic (exact) mass is 272 g/mol. The molecule has 1 rings (SSSR count). The topological polar surface area (TPSA) is 76.4 Å². The Kier molecular flexibility index (Phi) is 5.02. The predicted molar refractivity (Wildman–Crippen MR) is 73.0 cm³/mol. The van der Waals surface area contributed by atoms with Gasteiger partial charge in [-0.3, -0.25) is 4.68 Å². The lowest BCUT2D eigenvalue weighted by Gasteiger charge is -2.22. The summed E-state index contributed by atoms with van der Waals surface area (Å²) in [7, 11) is 0. The van der Waals surface area contributed by atoms with Gasteiger partial charge in [-0.05, 0) is 19.8 Å². The SMILES string of the molecule is Cc1c(Cl)cnn1CCCCC(C)(C)C(N)=NO. The summed E-state index contributed by atoms with van der Waals surface area (Å²) in [6.45, 7) is 6.73. The van der Waals surface area contributed by atoms with Crippen molar-refractivity contribution in [2.75, 3.05) is 0 Å². The lowest BCUT2D eigenvalue weighted by molar-refractivity contribution is 0.303. The summed E-state index contributed by atoms with van der Waals surface area (Å²) < 4.78 is 1.90. The molecule has 3 N–H and O–H groups in total. The molecule has 0 aliphatic heterocycles. The smallest absolute Gasteiger partial charge is 0.144 e. The highest BCUT2D eigenvalue weighted by molar-refractivity contribution is 6.31. The number of nitrogens with zero attached hydrogens (tertiary/aromatic N) is 3. The zero-order valence-corrected chi connectivity index (χ0v) is 11.9. The van der Waals surface area contributed by atoms with Crippen LogP contribution in [0.25, 0.3) is 0 Å². The van der Waals surface area contributed by atoms with Crippen molar-refractivity contribution < 1.29 is 5.21 Å². The fourth-order valence-corrected chi connectivity index (χ4v) is 1.88. The van der Waals surface area contributed by atoms with Gasteiger partial charge in [0.25, 0.3) is 0 Å². The van der Waals surface area contributed by atoms with Gasteiger partial charge in [0.1, 0.15) is 5.84 Å². The molecule has 102 valence electrons. The Morgan fingerprint density at radius 2 is 2.22 bits per heavy atom. The summed E-state index contributed by atoms with van der Waals surface area (Å²) in [5, 5.41) is 16.7. The third-order valence-electron chi connectivity index (χ3n) is 3.27. The van der Waals surface area contributed by atoms with E-state index in [0.29, 0.717) is 5.02 Å². The first-order valence-corrected chi connectivity index (χ1v) is 6.42. The average molecular weight is 273 g/mol. The number of nitrogens with two attached hydrogens (primary N) is 1. The van der Waals surface area contributed by atoms with Crippen molar-refractivity contribution in [2.24, 2.45) is 16.3 Å². The van der Waals surface area contributed by atoms with E-state index in [0.717, 1.165) is 31.5 Å². The molecule has 1 heterocycles. The minimum Gasteiger partial charge on any atom is -0.409 e. The number of aryl methyl sites for hydroxylation is 1. The molecule has 0 saturated heterocycles. The van der Waals surface area contributed by atoms with Gasteiger partial charge in [-0.1, -0.05) is 37.0 Å². The molecule has 18 heavy (non-hydrogen) atoms. The lowest BCUT2D eigenvalue weighted by atomic mass is 9.86. The minimum atomic E-state index is -0.272. The normalized spacial score (nSPS) is 13.0. The van der Waals surface area contributed by atoms with Crippen LogP contribution >= 0.6 is 11.6 Å². The van der Waals surface area contributed by atoms with E-state index in [2.05, 4.69) is 10.3 Å². The van der Waals surface area contributed by atoms with Crippen LogP contribution in [0.1, 0.15) is 38.8 Å². The molecule has 0 unspecified atom stereocenters. The van der Waals surface area contributed by atoms with Gasteiger partial charge >= 0.3 is 0 Å². The molecule has 1 aromatic heterocycles. The number of oxime groups is 1. The Balaban J connectivity index is 2.38. The van der Waals surface area contributed by atoms with Crippen molar-refractivity contribution in [3.8, 4) is 0 Å². The third kappa shape index (κ3) is 3.63. The van der Waals surface area contributed by atoms with E-state index >= 15 is 0 Å². The Morgan fingerprint density at radius 3 is 2.72 bits per heavy atom. The van der Waals surface area contributed by atoms with Crippen LogP contribution in [0, 0.1) is 12.3 Å². The first-order valence-electron chi connectivity index (χ1n) is 6.04. The lowest BCUT2D eigenvalue weighted by Crippen LogP contribution is -2.31. The zero-order valence-electron chi connectivity index (χ0n) is 11.1. The number of halogens is 1. The molecule has 0 radical (unpaired) electrons. The van der Waals surface area contributed by atoms with Gasteiger partial charge < -0.3 is 10.9 Å². The number of hydrogen-bond donors (Lipinski definition) is 2. The van der Waals surface area contributed by atoms with Crippen molar-refractivity contribution >= 4 is 17.4 Å². The van der Waals surface area contributed by atoms with E-state index in [1.807, 2.05) is 25.5 Å². The summed E-state index contributed by atoms with van der Waals surface area (Å²) in [5.74, 6) is 0.279. The van der Waals surface area contributed by atoms with E-state index in [9.17, 15) is 0 Å². The van der Waals surface area contributed by atoms with E-state index in [4.69, 9.17) is 22.5 Å². The molecule has 0 fully saturated rings. The van der Waals surface area contributed by atoms with Crippen LogP contribution < -0.4 is 5.73 Å². The van der Waals surface area contributed by atoms with Gasteiger partial charge in [-0.25, -0.2) is 0 Å². The zero-order chi connectivity index (χ0) is 13.8. The highest BCUT2D eigenvalue weighted by Gasteiger charge is 2.22. The Bertz CT molecular complexity index is 426. The Labute approximate surface area is 113 Å². The second-order valence-electron chi connectivity index (χ2n) is 5.13. The third-order valence-corrected chi connectivity index (χ3v) is 3.64. The standard InChI is InChI=1S/C12H21ClN4O/c1-9-10(13)8-15-17(9)7-5-4-6-12(2,3)11(14)16-18/h8,18H,4-7H2,1-3H3,(H2,14,16). The van der Waals surface area contributed by atoms with E-state index in [-0.39, 0.29) is 11.3 Å². The molecule has 0 aromatic carbocycles. The summed E-state index contributed by atoms with van der Waals surface area (Å²) in [4.78, 5) is 0. The highest BCUT2D eigenvalue weighted by Crippen LogP contribution is 2.23. The minimum absolute atomic E-state index is 0.272. The van der Waals surface area contributed by atoms with Gasteiger partial charge in [0.2, 0.25) is 0 Å². The number of hydrogen-bond acceptors (Lipinski definition) is 3. The van der Waals surface area contributed by atoms with Crippen LogP contribution in [0.3, 0.4) is 0 Å². The van der Waals surface area contributed by atoms with Crippen molar-refractivity contribution in [1.29, 1.82) is 0 Å². The fraction of sp³-hybridized carbons (Fsp3) is 0.667. The molecule has 6 heteroatoms. The number of aromatic nitrogens is 2. The summed E-state index contributed by atoms with van der Waals surface area (Å²) in [5.41, 5.74) is 6.36. The van der Waals surface area contributed by atoms with Gasteiger partial charge in [0.15, 0.2) is 0 Å². The van der Waals surface area contributed by atoms with E-state index < -0.39 is 0 Å². The van der Waals surface area contributed by atoms with Crippen LogP contribution in [-0.2, 0) is 6.54 Å². The van der Waals surface area contributed by atoms with Crippen molar-refractivity contribution in [2.45, 2.75) is 46.6 Å². The number of amidine groups is 1. The van der Waals surface area contributed by atoms with Crippen molar-refractivity contribution in [3.63, 3.8) is 0 Å². The van der Waals surface area contributed by atoms with Gasteiger partial charge in [0.05, 0.1) is 16.9 Å². The van der Waals surface area contributed by atoms with Gasteiger partial charge in [0, 0.05) is 12.0 Å². The van der Waals surface area contributed by atoms with Gasteiger partial charge in [-0.2, -0.15) is 5.10 Å². The first kappa shape index (κ1) is 14.8. The molecule has 0 amide bonds. The van der Waals surface area contributed by atoms with Crippen LogP contribution in [0.2, 0.25) is 5.02 Å². The van der Waals surface area contributed by atoms with Crippen LogP contribution in [0.15, 0.2) is 11.4 Å². The molecule has 0 spiro atoms. The van der Waals surface area contributed by atoms with Crippen molar-refractivity contribution in [3.05, 3.63) is 16.9 Å². The van der Waals surface area contributed by atoms with Crippen LogP contribution in [-0.4, -0.2) is 20.8 Å². The molecule has 5 nitrogen and oxygen atoms in total. The van der Waals surface area contributed by atoms with Gasteiger partial charge in [-0.15, -0.1) is 0 Å². The number of rotatable bonds is 6. The van der Waals surface area contributed by atoms with Crippen LogP contribution in [0.5, 0.6) is 0 Å². The molecule has 0 atom stereocenters. The second kappa shape index (κ2) is 6.09. The maximum Gasteiger partial charge on any atom is 0.144 e. The Hall–Kier alpha value is -1.23. The second-order valence-corrected chi connectivity index (χ2v) is 5.53. The first-order chi connectivity index (χ1) is 8.38. The van der Waals surface area contributed by atoms with E-state index in [1.165, 1.54) is 0 Å². The summed E-state index contributed by atoms with van der Waals surface area (Å²) in [6.07, 6.45) is 4.51. The largest absolute Gasteiger partial charge is 0.409 e. The maximum absolute atomic E-state index is 8.68. The van der Waals surface area contributed by atoms with Crippen LogP contribution in [0.4, 0.5) is 0 Å². The Morgan fingerprint density at radius 1 is 1.56 bits per heavy atom. The molecular formula is C12H21ClN4O. The molecular weight excluding hydrogens is 252 g/mol. The number of unbranched alkanes of at least 4 members (excludes halogenated alkanes) is 1. The summed E-state index contributed by atoms with van der Waals surface area (Å²) >= 11 is 5.93.